The summed E-state index contributed by atoms with van der Waals surface area (Å²) in [4.78, 5) is 0.332. The van der Waals surface area contributed by atoms with Crippen molar-refractivity contribution in [3.63, 3.8) is 0 Å². The Morgan fingerprint density at radius 3 is 2.47 bits per heavy atom. The second-order valence-corrected chi connectivity index (χ2v) is 6.30. The predicted octanol–water partition coefficient (Wildman–Crippen LogP) is 2.11. The molecule has 19 heavy (non-hydrogen) atoms. The van der Waals surface area contributed by atoms with Gasteiger partial charge in [0.25, 0.3) is 0 Å². The monoisotopic (exact) mass is 285 g/mol. The quantitative estimate of drug-likeness (QED) is 0.925. The minimum Gasteiger partial charge on any atom is -0.396 e. The SMILES string of the molecule is CC.O=S(=O)(c1ccccc1)N1CCCC(CO)C1. The van der Waals surface area contributed by atoms with Crippen LogP contribution < -0.4 is 0 Å². The number of aliphatic hydroxyl groups is 1. The van der Waals surface area contributed by atoms with Crippen LogP contribution in [0.1, 0.15) is 26.7 Å². The highest BCUT2D eigenvalue weighted by Crippen LogP contribution is 2.23. The molecule has 1 saturated heterocycles. The van der Waals surface area contributed by atoms with Gasteiger partial charge in [0.2, 0.25) is 10.0 Å². The molecule has 1 aliphatic rings. The van der Waals surface area contributed by atoms with Crippen molar-refractivity contribution in [2.45, 2.75) is 31.6 Å². The molecule has 1 aromatic carbocycles. The zero-order chi connectivity index (χ0) is 14.3. The summed E-state index contributed by atoms with van der Waals surface area (Å²) >= 11 is 0. The molecule has 1 atom stereocenters. The van der Waals surface area contributed by atoms with Gasteiger partial charge in [-0.2, -0.15) is 4.31 Å². The van der Waals surface area contributed by atoms with Crippen LogP contribution in [0.2, 0.25) is 0 Å². The van der Waals surface area contributed by atoms with E-state index in [9.17, 15) is 8.42 Å². The molecule has 0 radical (unpaired) electrons. The third-order valence-electron chi connectivity index (χ3n) is 3.12. The Morgan fingerprint density at radius 2 is 1.89 bits per heavy atom. The minimum atomic E-state index is -3.38. The fraction of sp³-hybridized carbons (Fsp3) is 0.571. The number of sulfonamides is 1. The van der Waals surface area contributed by atoms with Crippen molar-refractivity contribution in [1.82, 2.24) is 4.31 Å². The Hall–Kier alpha value is -0.910. The van der Waals surface area contributed by atoms with Gasteiger partial charge in [-0.1, -0.05) is 32.0 Å². The van der Waals surface area contributed by atoms with E-state index >= 15 is 0 Å². The molecule has 5 heteroatoms. The summed E-state index contributed by atoms with van der Waals surface area (Å²) in [5.74, 6) is 0.0715. The second-order valence-electron chi connectivity index (χ2n) is 4.37. The second kappa shape index (κ2) is 7.62. The van der Waals surface area contributed by atoms with Crippen LogP contribution in [0.4, 0.5) is 0 Å². The highest BCUT2D eigenvalue weighted by Gasteiger charge is 2.29. The zero-order valence-electron chi connectivity index (χ0n) is 11.6. The van der Waals surface area contributed by atoms with Crippen molar-refractivity contribution in [2.24, 2.45) is 5.92 Å². The van der Waals surface area contributed by atoms with E-state index in [4.69, 9.17) is 5.11 Å². The Morgan fingerprint density at radius 1 is 1.26 bits per heavy atom. The summed E-state index contributed by atoms with van der Waals surface area (Å²) in [6.45, 7) is 5.03. The van der Waals surface area contributed by atoms with E-state index in [1.54, 1.807) is 30.3 Å². The lowest BCUT2D eigenvalue weighted by atomic mass is 10.0. The lowest BCUT2D eigenvalue weighted by Gasteiger charge is -2.30. The molecule has 0 aromatic heterocycles. The molecule has 1 fully saturated rings. The van der Waals surface area contributed by atoms with Crippen LogP contribution in [0.3, 0.4) is 0 Å². The number of aliphatic hydroxyl groups excluding tert-OH is 1. The van der Waals surface area contributed by atoms with Crippen LogP contribution >= 0.6 is 0 Å². The van der Waals surface area contributed by atoms with E-state index in [1.165, 1.54) is 4.31 Å². The molecule has 0 aliphatic carbocycles. The van der Waals surface area contributed by atoms with Gasteiger partial charge in [0, 0.05) is 19.7 Å². The van der Waals surface area contributed by atoms with Gasteiger partial charge in [0.1, 0.15) is 0 Å². The molecule has 1 aromatic rings. The first kappa shape index (κ1) is 16.1. The molecular formula is C14H23NO3S. The van der Waals surface area contributed by atoms with Crippen molar-refractivity contribution in [3.8, 4) is 0 Å². The molecule has 0 spiro atoms. The highest BCUT2D eigenvalue weighted by atomic mass is 32.2. The summed E-state index contributed by atoms with van der Waals surface area (Å²) < 4.78 is 26.1. The van der Waals surface area contributed by atoms with E-state index < -0.39 is 10.0 Å². The molecule has 0 amide bonds. The standard InChI is InChI=1S/C12H17NO3S.C2H6/c14-10-11-5-4-8-13(9-11)17(15,16)12-6-2-1-3-7-12;1-2/h1-3,6-7,11,14H,4-5,8-10H2;1-2H3. The lowest BCUT2D eigenvalue weighted by molar-refractivity contribution is 0.165. The van der Waals surface area contributed by atoms with Crippen molar-refractivity contribution in [2.75, 3.05) is 19.7 Å². The fourth-order valence-corrected chi connectivity index (χ4v) is 3.71. The maximum absolute atomic E-state index is 12.3. The van der Waals surface area contributed by atoms with Gasteiger partial charge in [-0.05, 0) is 30.9 Å². The smallest absolute Gasteiger partial charge is 0.243 e. The molecule has 4 nitrogen and oxygen atoms in total. The summed E-state index contributed by atoms with van der Waals surface area (Å²) in [5.41, 5.74) is 0. The fourth-order valence-electron chi connectivity index (χ4n) is 2.14. The van der Waals surface area contributed by atoms with E-state index in [-0.39, 0.29) is 12.5 Å². The first-order valence-electron chi connectivity index (χ1n) is 6.80. The van der Waals surface area contributed by atoms with Crippen LogP contribution in [0.25, 0.3) is 0 Å². The maximum Gasteiger partial charge on any atom is 0.243 e. The molecule has 0 bridgehead atoms. The molecule has 1 N–H and O–H groups in total. The molecule has 1 heterocycles. The molecular weight excluding hydrogens is 262 g/mol. The van der Waals surface area contributed by atoms with Gasteiger partial charge in [-0.15, -0.1) is 0 Å². The topological polar surface area (TPSA) is 57.6 Å². The van der Waals surface area contributed by atoms with Crippen molar-refractivity contribution < 1.29 is 13.5 Å². The highest BCUT2D eigenvalue weighted by molar-refractivity contribution is 7.89. The first-order chi connectivity index (χ1) is 9.14. The van der Waals surface area contributed by atoms with E-state index in [0.717, 1.165) is 12.8 Å². The van der Waals surface area contributed by atoms with Gasteiger partial charge in [0.05, 0.1) is 4.90 Å². The van der Waals surface area contributed by atoms with E-state index in [1.807, 2.05) is 13.8 Å². The summed E-state index contributed by atoms with van der Waals surface area (Å²) in [6, 6.07) is 8.46. The Balaban J connectivity index is 0.000000861. The van der Waals surface area contributed by atoms with Gasteiger partial charge in [0.15, 0.2) is 0 Å². The number of benzene rings is 1. The van der Waals surface area contributed by atoms with Crippen molar-refractivity contribution in [1.29, 1.82) is 0 Å². The van der Waals surface area contributed by atoms with Crippen LogP contribution in [0, 0.1) is 5.92 Å². The summed E-state index contributed by atoms with van der Waals surface area (Å²) in [6.07, 6.45) is 1.72. The first-order valence-corrected chi connectivity index (χ1v) is 8.24. The number of hydrogen-bond donors (Lipinski definition) is 1. The molecule has 2 rings (SSSR count). The van der Waals surface area contributed by atoms with Crippen LogP contribution in [-0.4, -0.2) is 37.5 Å². The van der Waals surface area contributed by atoms with Crippen molar-refractivity contribution in [3.05, 3.63) is 30.3 Å². The third kappa shape index (κ3) is 4.03. The average Bonchev–Trinajstić information content (AvgIpc) is 2.50. The summed E-state index contributed by atoms with van der Waals surface area (Å²) in [7, 11) is -3.38. The van der Waals surface area contributed by atoms with Crippen LogP contribution in [0.15, 0.2) is 35.2 Å². The lowest BCUT2D eigenvalue weighted by Crippen LogP contribution is -2.40. The Bertz CT molecular complexity index is 459. The largest absolute Gasteiger partial charge is 0.396 e. The number of hydrogen-bond acceptors (Lipinski definition) is 3. The van der Waals surface area contributed by atoms with Crippen LogP contribution in [-0.2, 0) is 10.0 Å². The number of rotatable bonds is 3. The number of nitrogens with zero attached hydrogens (tertiary/aromatic N) is 1. The van der Waals surface area contributed by atoms with Gasteiger partial charge < -0.3 is 5.11 Å². The molecule has 1 unspecified atom stereocenters. The Labute approximate surface area is 116 Å². The van der Waals surface area contributed by atoms with E-state index in [2.05, 4.69) is 0 Å². The minimum absolute atomic E-state index is 0.0564. The number of piperidine rings is 1. The van der Waals surface area contributed by atoms with Gasteiger partial charge in [-0.25, -0.2) is 8.42 Å². The molecule has 1 aliphatic heterocycles. The van der Waals surface area contributed by atoms with Gasteiger partial charge >= 0.3 is 0 Å². The average molecular weight is 285 g/mol. The van der Waals surface area contributed by atoms with E-state index in [0.29, 0.717) is 18.0 Å². The zero-order valence-corrected chi connectivity index (χ0v) is 12.4. The molecule has 108 valence electrons. The third-order valence-corrected chi connectivity index (χ3v) is 5.00. The van der Waals surface area contributed by atoms with Crippen LogP contribution in [0.5, 0.6) is 0 Å². The van der Waals surface area contributed by atoms with Gasteiger partial charge in [-0.3, -0.25) is 0 Å². The summed E-state index contributed by atoms with van der Waals surface area (Å²) in [5, 5.41) is 9.12. The maximum atomic E-state index is 12.3. The Kier molecular flexibility index (Phi) is 6.48. The molecule has 0 saturated carbocycles. The van der Waals surface area contributed by atoms with Crippen molar-refractivity contribution >= 4 is 10.0 Å². The normalized spacial score (nSPS) is 20.5. The predicted molar refractivity (Wildman–Crippen MR) is 76.4 cm³/mol.